The summed E-state index contributed by atoms with van der Waals surface area (Å²) in [5.74, 6) is -0.749. The maximum atomic E-state index is 13.8. The molecule has 0 saturated carbocycles. The molecule has 0 spiro atoms. The summed E-state index contributed by atoms with van der Waals surface area (Å²) in [6.45, 7) is 0.0895. The minimum atomic E-state index is -0.513. The minimum Gasteiger partial charge on any atom is -0.488 e. The molecule has 2 amide bonds. The van der Waals surface area contributed by atoms with Crippen molar-refractivity contribution in [1.29, 1.82) is 0 Å². The average molecular weight is 382 g/mol. The number of hydrogen-bond acceptors (Lipinski definition) is 2. The van der Waals surface area contributed by atoms with Gasteiger partial charge in [-0.3, -0.25) is 0 Å². The predicted molar refractivity (Wildman–Crippen MR) is 103 cm³/mol. The first-order valence-electron chi connectivity index (χ1n) is 8.83. The van der Waals surface area contributed by atoms with Crippen LogP contribution in [0.25, 0.3) is 0 Å². The second-order valence-electron chi connectivity index (χ2n) is 6.12. The molecule has 0 heterocycles. The number of carbonyl (C=O) groups is 1. The molecule has 0 unspecified atom stereocenters. The van der Waals surface area contributed by atoms with Crippen LogP contribution in [0.1, 0.15) is 17.2 Å². The summed E-state index contributed by atoms with van der Waals surface area (Å²) < 4.78 is 33.0. The number of rotatable bonds is 7. The van der Waals surface area contributed by atoms with E-state index >= 15 is 0 Å². The zero-order valence-corrected chi connectivity index (χ0v) is 15.1. The third kappa shape index (κ3) is 5.30. The van der Waals surface area contributed by atoms with Crippen LogP contribution in [0, 0.1) is 11.6 Å². The lowest BCUT2D eigenvalue weighted by Crippen LogP contribution is -2.39. The van der Waals surface area contributed by atoms with Crippen molar-refractivity contribution in [2.24, 2.45) is 0 Å². The van der Waals surface area contributed by atoms with Crippen molar-refractivity contribution in [1.82, 2.24) is 10.6 Å². The zero-order valence-electron chi connectivity index (χ0n) is 15.1. The van der Waals surface area contributed by atoms with E-state index in [9.17, 15) is 13.6 Å². The van der Waals surface area contributed by atoms with Crippen LogP contribution in [0.3, 0.4) is 0 Å². The second kappa shape index (κ2) is 9.50. The third-order valence-electron chi connectivity index (χ3n) is 4.15. The van der Waals surface area contributed by atoms with Crippen LogP contribution < -0.4 is 15.4 Å². The molecule has 144 valence electrons. The van der Waals surface area contributed by atoms with E-state index in [1.165, 1.54) is 18.2 Å². The molecule has 0 radical (unpaired) electrons. The summed E-state index contributed by atoms with van der Waals surface area (Å²) >= 11 is 0. The van der Waals surface area contributed by atoms with Gasteiger partial charge in [0, 0.05) is 12.1 Å². The van der Waals surface area contributed by atoms with Crippen molar-refractivity contribution in [3.63, 3.8) is 0 Å². The predicted octanol–water partition coefficient (Wildman–Crippen LogP) is 4.58. The van der Waals surface area contributed by atoms with E-state index in [0.717, 1.165) is 5.56 Å². The van der Waals surface area contributed by atoms with Crippen LogP contribution in [-0.4, -0.2) is 12.6 Å². The van der Waals surface area contributed by atoms with Gasteiger partial charge in [0.2, 0.25) is 0 Å². The summed E-state index contributed by atoms with van der Waals surface area (Å²) in [5.41, 5.74) is 1.19. The van der Waals surface area contributed by atoms with Gasteiger partial charge in [-0.15, -0.1) is 0 Å². The maximum Gasteiger partial charge on any atom is 0.315 e. The maximum absolute atomic E-state index is 13.8. The number of amides is 2. The van der Waals surface area contributed by atoms with Crippen LogP contribution in [0.15, 0.2) is 78.9 Å². The Hall–Kier alpha value is -3.41. The summed E-state index contributed by atoms with van der Waals surface area (Å²) in [6, 6.07) is 20.5. The molecular formula is C22H20F2N2O2. The number of nitrogens with one attached hydrogen (secondary N) is 2. The van der Waals surface area contributed by atoms with Gasteiger partial charge in [0.25, 0.3) is 0 Å². The minimum absolute atomic E-state index is 0.0397. The van der Waals surface area contributed by atoms with Gasteiger partial charge in [-0.05, 0) is 23.8 Å². The Kier molecular flexibility index (Phi) is 6.57. The average Bonchev–Trinajstić information content (AvgIpc) is 2.72. The standard InChI is InChI=1S/C22H20F2N2O2/c23-18-11-5-4-10-17(18)14-25-22(27)26-20(16-8-2-1-3-9-16)15-28-21-13-7-6-12-19(21)24/h1-13,20H,14-15H2,(H2,25,26,27)/t20-/m0/s1. The highest BCUT2D eigenvalue weighted by atomic mass is 19.1. The Labute approximate surface area is 162 Å². The molecule has 3 aromatic carbocycles. The van der Waals surface area contributed by atoms with Crippen LogP contribution in [-0.2, 0) is 6.54 Å². The summed E-state index contributed by atoms with van der Waals surface area (Å²) in [4.78, 5) is 12.3. The molecule has 1 atom stereocenters. The molecule has 6 heteroatoms. The topological polar surface area (TPSA) is 50.4 Å². The number of benzene rings is 3. The molecule has 28 heavy (non-hydrogen) atoms. The molecule has 0 aromatic heterocycles. The quantitative estimate of drug-likeness (QED) is 0.628. The number of hydrogen-bond donors (Lipinski definition) is 2. The van der Waals surface area contributed by atoms with Crippen LogP contribution in [0.5, 0.6) is 5.75 Å². The van der Waals surface area contributed by atoms with Crippen LogP contribution in [0.4, 0.5) is 13.6 Å². The van der Waals surface area contributed by atoms with E-state index < -0.39 is 17.9 Å². The van der Waals surface area contributed by atoms with Gasteiger partial charge in [0.05, 0.1) is 6.04 Å². The molecule has 0 aliphatic rings. The molecule has 3 aromatic rings. The smallest absolute Gasteiger partial charge is 0.315 e. The fourth-order valence-electron chi connectivity index (χ4n) is 2.67. The number of halogens is 2. The van der Waals surface area contributed by atoms with Crippen molar-refractivity contribution < 1.29 is 18.3 Å². The fraction of sp³-hybridized carbons (Fsp3) is 0.136. The summed E-state index contributed by atoms with van der Waals surface area (Å²) in [5, 5.41) is 5.42. The number of carbonyl (C=O) groups excluding carboxylic acids is 1. The Bertz CT molecular complexity index is 919. The lowest BCUT2D eigenvalue weighted by molar-refractivity contribution is 0.221. The molecule has 0 saturated heterocycles. The van der Waals surface area contributed by atoms with Crippen molar-refractivity contribution >= 4 is 6.03 Å². The fourth-order valence-corrected chi connectivity index (χ4v) is 2.67. The van der Waals surface area contributed by atoms with Crippen molar-refractivity contribution in [2.45, 2.75) is 12.6 Å². The number of ether oxygens (including phenoxy) is 1. The van der Waals surface area contributed by atoms with Gasteiger partial charge in [0.15, 0.2) is 11.6 Å². The zero-order chi connectivity index (χ0) is 19.8. The van der Waals surface area contributed by atoms with Gasteiger partial charge in [-0.1, -0.05) is 60.7 Å². The van der Waals surface area contributed by atoms with Crippen molar-refractivity contribution in [3.8, 4) is 5.75 Å². The van der Waals surface area contributed by atoms with E-state index in [-0.39, 0.29) is 24.7 Å². The van der Waals surface area contributed by atoms with E-state index in [2.05, 4.69) is 10.6 Å². The highest BCUT2D eigenvalue weighted by molar-refractivity contribution is 5.74. The summed E-state index contributed by atoms with van der Waals surface area (Å²) in [7, 11) is 0. The molecule has 0 aliphatic carbocycles. The Morgan fingerprint density at radius 3 is 2.21 bits per heavy atom. The molecular weight excluding hydrogens is 362 g/mol. The van der Waals surface area contributed by atoms with Crippen molar-refractivity contribution in [2.75, 3.05) is 6.61 Å². The van der Waals surface area contributed by atoms with E-state index in [4.69, 9.17) is 4.74 Å². The largest absolute Gasteiger partial charge is 0.488 e. The molecule has 3 rings (SSSR count). The highest BCUT2D eigenvalue weighted by Gasteiger charge is 2.16. The number of urea groups is 1. The summed E-state index contributed by atoms with van der Waals surface area (Å²) in [6.07, 6.45) is 0. The van der Waals surface area contributed by atoms with Gasteiger partial charge in [-0.2, -0.15) is 0 Å². The first kappa shape index (κ1) is 19.4. The lowest BCUT2D eigenvalue weighted by atomic mass is 10.1. The van der Waals surface area contributed by atoms with E-state index in [1.54, 1.807) is 30.3 Å². The first-order chi connectivity index (χ1) is 13.6. The Morgan fingerprint density at radius 1 is 0.857 bits per heavy atom. The Morgan fingerprint density at radius 2 is 1.50 bits per heavy atom. The van der Waals surface area contributed by atoms with Gasteiger partial charge >= 0.3 is 6.03 Å². The SMILES string of the molecule is O=C(NCc1ccccc1F)N[C@@H](COc1ccccc1F)c1ccccc1. The lowest BCUT2D eigenvalue weighted by Gasteiger charge is -2.20. The Balaban J connectivity index is 1.64. The van der Waals surface area contributed by atoms with Crippen molar-refractivity contribution in [3.05, 3.63) is 102 Å². The third-order valence-corrected chi connectivity index (χ3v) is 4.15. The highest BCUT2D eigenvalue weighted by Crippen LogP contribution is 2.19. The molecule has 2 N–H and O–H groups in total. The number of para-hydroxylation sites is 1. The first-order valence-corrected chi connectivity index (χ1v) is 8.83. The van der Waals surface area contributed by atoms with Crippen LogP contribution in [0.2, 0.25) is 0 Å². The van der Waals surface area contributed by atoms with E-state index in [0.29, 0.717) is 5.56 Å². The molecule has 4 nitrogen and oxygen atoms in total. The monoisotopic (exact) mass is 382 g/mol. The molecule has 0 fully saturated rings. The van der Waals surface area contributed by atoms with Gasteiger partial charge in [-0.25, -0.2) is 13.6 Å². The van der Waals surface area contributed by atoms with Gasteiger partial charge in [0.1, 0.15) is 12.4 Å². The van der Waals surface area contributed by atoms with E-state index in [1.807, 2.05) is 30.3 Å². The van der Waals surface area contributed by atoms with Crippen LogP contribution >= 0.6 is 0 Å². The second-order valence-corrected chi connectivity index (χ2v) is 6.12. The molecule has 0 bridgehead atoms. The van der Waals surface area contributed by atoms with Gasteiger partial charge < -0.3 is 15.4 Å². The molecule has 0 aliphatic heterocycles. The normalized spacial score (nSPS) is 11.5.